The van der Waals surface area contributed by atoms with Gasteiger partial charge < -0.3 is 20.1 Å². The smallest absolute Gasteiger partial charge is 0.237 e. The van der Waals surface area contributed by atoms with E-state index in [1.165, 1.54) is 11.1 Å². The van der Waals surface area contributed by atoms with Gasteiger partial charge in [-0.1, -0.05) is 54.6 Å². The van der Waals surface area contributed by atoms with Crippen LogP contribution in [0.1, 0.15) is 22.7 Å². The molecule has 2 aromatic rings. The molecule has 5 nitrogen and oxygen atoms in total. The van der Waals surface area contributed by atoms with Gasteiger partial charge in [0.2, 0.25) is 5.91 Å². The summed E-state index contributed by atoms with van der Waals surface area (Å²) in [5, 5.41) is 11.8. The summed E-state index contributed by atoms with van der Waals surface area (Å²) in [4.78, 5) is 14.8. The quantitative estimate of drug-likeness (QED) is 0.709. The molecule has 2 aromatic carbocycles. The van der Waals surface area contributed by atoms with Crippen LogP contribution in [0.3, 0.4) is 0 Å². The van der Waals surface area contributed by atoms with Gasteiger partial charge in [-0.3, -0.25) is 4.79 Å². The van der Waals surface area contributed by atoms with Gasteiger partial charge in [0.05, 0.1) is 32.4 Å². The van der Waals surface area contributed by atoms with E-state index in [1.807, 2.05) is 29.2 Å². The van der Waals surface area contributed by atoms with E-state index in [1.54, 1.807) is 0 Å². The number of benzene rings is 2. The van der Waals surface area contributed by atoms with E-state index >= 15 is 0 Å². The Morgan fingerprint density at radius 3 is 2.69 bits per heavy atom. The Labute approximate surface area is 154 Å². The van der Waals surface area contributed by atoms with Crippen LogP contribution in [0.15, 0.2) is 54.6 Å². The molecule has 1 amide bonds. The first kappa shape index (κ1) is 18.6. The van der Waals surface area contributed by atoms with Crippen molar-refractivity contribution in [3.05, 3.63) is 71.3 Å². The van der Waals surface area contributed by atoms with Crippen LogP contribution >= 0.6 is 0 Å². The highest BCUT2D eigenvalue weighted by molar-refractivity contribution is 5.79. The predicted octanol–water partition coefficient (Wildman–Crippen LogP) is 1.76. The summed E-state index contributed by atoms with van der Waals surface area (Å²) in [6.07, 6.45) is 0.880. The second-order valence-electron chi connectivity index (χ2n) is 6.36. The lowest BCUT2D eigenvalue weighted by molar-refractivity contribution is -0.132. The lowest BCUT2D eigenvalue weighted by Crippen LogP contribution is -2.45. The third-order valence-electron chi connectivity index (χ3n) is 4.65. The molecule has 138 valence electrons. The standard InChI is InChI=1S/C21H26N2O3/c24-13-15-26-14-11-22-16-20(25)23-12-10-17-6-4-5-9-19(17)21(23)18-7-2-1-3-8-18/h1-9,21-22,24H,10-16H2/t21-/m0/s1. The zero-order chi connectivity index (χ0) is 18.2. The number of aliphatic hydroxyl groups excluding tert-OH is 1. The summed E-state index contributed by atoms with van der Waals surface area (Å²) in [7, 11) is 0. The molecule has 0 saturated carbocycles. The molecule has 1 aliphatic heterocycles. The van der Waals surface area contributed by atoms with Gasteiger partial charge >= 0.3 is 0 Å². The minimum atomic E-state index is -0.0407. The fourth-order valence-corrected chi connectivity index (χ4v) is 3.44. The van der Waals surface area contributed by atoms with Gasteiger partial charge in [0.25, 0.3) is 0 Å². The lowest BCUT2D eigenvalue weighted by Gasteiger charge is -2.38. The van der Waals surface area contributed by atoms with E-state index in [2.05, 4.69) is 35.6 Å². The zero-order valence-corrected chi connectivity index (χ0v) is 14.9. The molecule has 0 saturated heterocycles. The monoisotopic (exact) mass is 354 g/mol. The van der Waals surface area contributed by atoms with Crippen molar-refractivity contribution in [2.75, 3.05) is 39.5 Å². The maximum absolute atomic E-state index is 12.9. The van der Waals surface area contributed by atoms with Gasteiger partial charge in [-0.05, 0) is 23.1 Å². The Morgan fingerprint density at radius 2 is 1.88 bits per heavy atom. The number of ether oxygens (including phenoxy) is 1. The average molecular weight is 354 g/mol. The third kappa shape index (κ3) is 4.49. The van der Waals surface area contributed by atoms with Crippen LogP contribution in [-0.2, 0) is 16.0 Å². The Balaban J connectivity index is 1.70. The van der Waals surface area contributed by atoms with Crippen molar-refractivity contribution in [1.29, 1.82) is 0 Å². The Morgan fingerprint density at radius 1 is 1.12 bits per heavy atom. The van der Waals surface area contributed by atoms with Crippen molar-refractivity contribution >= 4 is 5.91 Å². The largest absolute Gasteiger partial charge is 0.394 e. The van der Waals surface area contributed by atoms with Gasteiger partial charge in [-0.25, -0.2) is 0 Å². The van der Waals surface area contributed by atoms with Crippen LogP contribution < -0.4 is 5.32 Å². The molecule has 0 aliphatic carbocycles. The first-order valence-corrected chi connectivity index (χ1v) is 9.13. The number of carbonyl (C=O) groups is 1. The SMILES string of the molecule is O=C(CNCCOCCO)N1CCc2ccccc2[C@@H]1c1ccccc1. The molecular formula is C21H26N2O3. The fourth-order valence-electron chi connectivity index (χ4n) is 3.44. The van der Waals surface area contributed by atoms with E-state index in [0.29, 0.717) is 19.8 Å². The number of hydrogen-bond acceptors (Lipinski definition) is 4. The van der Waals surface area contributed by atoms with E-state index in [9.17, 15) is 4.79 Å². The molecule has 0 radical (unpaired) electrons. The number of nitrogens with one attached hydrogen (secondary N) is 1. The van der Waals surface area contributed by atoms with Crippen LogP contribution in [0.25, 0.3) is 0 Å². The zero-order valence-electron chi connectivity index (χ0n) is 14.9. The maximum Gasteiger partial charge on any atom is 0.237 e. The van der Waals surface area contributed by atoms with E-state index in [-0.39, 0.29) is 25.1 Å². The molecule has 1 heterocycles. The normalized spacial score (nSPS) is 16.3. The number of amides is 1. The molecule has 0 unspecified atom stereocenters. The number of aliphatic hydroxyl groups is 1. The van der Waals surface area contributed by atoms with Crippen molar-refractivity contribution in [2.45, 2.75) is 12.5 Å². The van der Waals surface area contributed by atoms with Gasteiger partial charge in [0.1, 0.15) is 0 Å². The molecule has 3 rings (SSSR count). The van der Waals surface area contributed by atoms with Crippen LogP contribution in [0, 0.1) is 0 Å². The van der Waals surface area contributed by atoms with Gasteiger partial charge in [-0.2, -0.15) is 0 Å². The van der Waals surface area contributed by atoms with Crippen LogP contribution in [-0.4, -0.2) is 55.4 Å². The molecular weight excluding hydrogens is 328 g/mol. The summed E-state index contributed by atoms with van der Waals surface area (Å²) in [6.45, 7) is 2.43. The number of rotatable bonds is 8. The molecule has 0 bridgehead atoms. The molecule has 0 spiro atoms. The van der Waals surface area contributed by atoms with E-state index in [4.69, 9.17) is 9.84 Å². The molecule has 2 N–H and O–H groups in total. The number of fused-ring (bicyclic) bond motifs is 1. The maximum atomic E-state index is 12.9. The molecule has 26 heavy (non-hydrogen) atoms. The molecule has 0 fully saturated rings. The second kappa shape index (κ2) is 9.48. The van der Waals surface area contributed by atoms with Crippen molar-refractivity contribution in [3.63, 3.8) is 0 Å². The van der Waals surface area contributed by atoms with Crippen LogP contribution in [0.4, 0.5) is 0 Å². The Kier molecular flexibility index (Phi) is 6.77. The summed E-state index contributed by atoms with van der Waals surface area (Å²) >= 11 is 0. The Hall–Kier alpha value is -2.21. The number of nitrogens with zero attached hydrogens (tertiary/aromatic N) is 1. The van der Waals surface area contributed by atoms with Gasteiger partial charge in [0, 0.05) is 13.1 Å². The van der Waals surface area contributed by atoms with Crippen LogP contribution in [0.2, 0.25) is 0 Å². The number of hydrogen-bond donors (Lipinski definition) is 2. The summed E-state index contributed by atoms with van der Waals surface area (Å²) in [5.74, 6) is 0.0931. The van der Waals surface area contributed by atoms with Crippen molar-refractivity contribution in [2.24, 2.45) is 0 Å². The van der Waals surface area contributed by atoms with Crippen LogP contribution in [0.5, 0.6) is 0 Å². The van der Waals surface area contributed by atoms with Gasteiger partial charge in [0.15, 0.2) is 0 Å². The molecule has 5 heteroatoms. The first-order valence-electron chi connectivity index (χ1n) is 9.13. The average Bonchev–Trinajstić information content (AvgIpc) is 2.70. The van der Waals surface area contributed by atoms with E-state index < -0.39 is 0 Å². The van der Waals surface area contributed by atoms with Crippen molar-refractivity contribution in [3.8, 4) is 0 Å². The van der Waals surface area contributed by atoms with Crippen molar-refractivity contribution in [1.82, 2.24) is 10.2 Å². The minimum Gasteiger partial charge on any atom is -0.394 e. The van der Waals surface area contributed by atoms with Gasteiger partial charge in [-0.15, -0.1) is 0 Å². The fraction of sp³-hybridized carbons (Fsp3) is 0.381. The number of carbonyl (C=O) groups excluding carboxylic acids is 1. The summed E-state index contributed by atoms with van der Waals surface area (Å²) in [6, 6.07) is 18.6. The molecule has 1 aliphatic rings. The highest BCUT2D eigenvalue weighted by Gasteiger charge is 2.31. The third-order valence-corrected chi connectivity index (χ3v) is 4.65. The summed E-state index contributed by atoms with van der Waals surface area (Å²) < 4.78 is 5.21. The highest BCUT2D eigenvalue weighted by Crippen LogP contribution is 2.34. The minimum absolute atomic E-state index is 0.0187. The highest BCUT2D eigenvalue weighted by atomic mass is 16.5. The van der Waals surface area contributed by atoms with E-state index in [0.717, 1.165) is 18.5 Å². The topological polar surface area (TPSA) is 61.8 Å². The molecule has 1 atom stereocenters. The predicted molar refractivity (Wildman–Crippen MR) is 101 cm³/mol. The lowest BCUT2D eigenvalue weighted by atomic mass is 9.88. The van der Waals surface area contributed by atoms with Crippen molar-refractivity contribution < 1.29 is 14.6 Å². The second-order valence-corrected chi connectivity index (χ2v) is 6.36. The molecule has 0 aromatic heterocycles. The summed E-state index contributed by atoms with van der Waals surface area (Å²) in [5.41, 5.74) is 3.67. The first-order chi connectivity index (χ1) is 12.8. The Bertz CT molecular complexity index is 705.